The maximum Gasteiger partial charge on any atom is 0.239 e. The lowest BCUT2D eigenvalue weighted by atomic mass is 10.0. The molecule has 3 heterocycles. The number of likely N-dealkylation sites (N-methyl/N-ethyl adjacent to an activating group) is 1. The van der Waals surface area contributed by atoms with E-state index in [1.165, 1.54) is 0 Å². The molecule has 2 amide bonds. The number of aromatic hydroxyl groups is 1. The van der Waals surface area contributed by atoms with Crippen LogP contribution in [0.1, 0.15) is 30.6 Å². The molecule has 8 heteroatoms. The molecule has 3 atom stereocenters. The Morgan fingerprint density at radius 2 is 2.10 bits per heavy atom. The molecule has 2 saturated heterocycles. The van der Waals surface area contributed by atoms with Crippen molar-refractivity contribution in [2.75, 3.05) is 20.1 Å². The fourth-order valence-electron chi connectivity index (χ4n) is 4.65. The largest absolute Gasteiger partial charge is 0.508 e. The van der Waals surface area contributed by atoms with Crippen molar-refractivity contribution >= 4 is 11.8 Å². The number of fused-ring (bicyclic) bond motifs is 1. The van der Waals surface area contributed by atoms with Gasteiger partial charge in [0, 0.05) is 38.1 Å². The van der Waals surface area contributed by atoms with Crippen molar-refractivity contribution in [1.29, 1.82) is 0 Å². The van der Waals surface area contributed by atoms with Crippen LogP contribution in [-0.2, 0) is 22.7 Å². The van der Waals surface area contributed by atoms with Gasteiger partial charge >= 0.3 is 0 Å². The maximum absolute atomic E-state index is 12.9. The predicted molar refractivity (Wildman–Crippen MR) is 115 cm³/mol. The molecule has 2 fully saturated rings. The second kappa shape index (κ2) is 9.53. The lowest BCUT2D eigenvalue weighted by Gasteiger charge is -2.33. The molecule has 3 N–H and O–H groups in total. The van der Waals surface area contributed by atoms with E-state index in [-0.39, 0.29) is 35.7 Å². The number of rotatable bonds is 7. The number of likely N-dealkylation sites (tertiary alicyclic amines) is 1. The van der Waals surface area contributed by atoms with Gasteiger partial charge in [-0.05, 0) is 49.7 Å². The van der Waals surface area contributed by atoms with Crippen molar-refractivity contribution in [3.63, 3.8) is 0 Å². The van der Waals surface area contributed by atoms with Crippen molar-refractivity contribution in [2.45, 2.75) is 50.5 Å². The van der Waals surface area contributed by atoms with Gasteiger partial charge in [0.25, 0.3) is 0 Å². The Balaban J connectivity index is 1.33. The molecule has 2 aliphatic rings. The summed E-state index contributed by atoms with van der Waals surface area (Å²) >= 11 is 0. The van der Waals surface area contributed by atoms with Crippen LogP contribution in [0.3, 0.4) is 0 Å². The summed E-state index contributed by atoms with van der Waals surface area (Å²) in [7, 11) is 2.06. The molecule has 2 aliphatic heterocycles. The molecule has 0 unspecified atom stereocenters. The molecule has 166 valence electrons. The van der Waals surface area contributed by atoms with Gasteiger partial charge in [0.1, 0.15) is 17.6 Å². The molecule has 1 aromatic heterocycles. The summed E-state index contributed by atoms with van der Waals surface area (Å²) in [5.41, 5.74) is 1.07. The second-order valence-corrected chi connectivity index (χ2v) is 8.40. The molecule has 0 radical (unpaired) electrons. The number of amides is 2. The van der Waals surface area contributed by atoms with E-state index >= 15 is 0 Å². The summed E-state index contributed by atoms with van der Waals surface area (Å²) in [4.78, 5) is 29.7. The first kappa shape index (κ1) is 21.4. The van der Waals surface area contributed by atoms with Gasteiger partial charge in [0.2, 0.25) is 11.8 Å². The number of phenolic OH excluding ortho intramolecular Hbond substituents is 1. The third-order valence-electron chi connectivity index (χ3n) is 6.42. The fourth-order valence-corrected chi connectivity index (χ4v) is 4.65. The monoisotopic (exact) mass is 426 g/mol. The number of furan rings is 1. The first-order valence-electron chi connectivity index (χ1n) is 10.8. The van der Waals surface area contributed by atoms with E-state index in [9.17, 15) is 14.7 Å². The highest BCUT2D eigenvalue weighted by Crippen LogP contribution is 2.28. The number of benzene rings is 1. The molecule has 31 heavy (non-hydrogen) atoms. The zero-order valence-corrected chi connectivity index (χ0v) is 17.8. The van der Waals surface area contributed by atoms with E-state index in [2.05, 4.69) is 27.5 Å². The number of nitrogens with one attached hydrogen (secondary N) is 2. The molecular weight excluding hydrogens is 396 g/mol. The van der Waals surface area contributed by atoms with Crippen LogP contribution in [-0.4, -0.2) is 65.0 Å². The summed E-state index contributed by atoms with van der Waals surface area (Å²) in [6.45, 7) is 2.44. The molecule has 0 saturated carbocycles. The number of hydrogen-bond acceptors (Lipinski definition) is 6. The lowest BCUT2D eigenvalue weighted by Crippen LogP contribution is -2.49. The molecule has 2 aromatic rings. The van der Waals surface area contributed by atoms with Gasteiger partial charge < -0.3 is 20.2 Å². The maximum atomic E-state index is 12.9. The minimum atomic E-state index is -0.211. The third-order valence-corrected chi connectivity index (χ3v) is 6.42. The van der Waals surface area contributed by atoms with Crippen molar-refractivity contribution in [3.05, 3.63) is 54.0 Å². The van der Waals surface area contributed by atoms with Crippen LogP contribution in [0.15, 0.2) is 47.1 Å². The highest BCUT2D eigenvalue weighted by molar-refractivity contribution is 5.83. The first-order chi connectivity index (χ1) is 15.0. The molecule has 4 rings (SSSR count). The van der Waals surface area contributed by atoms with Gasteiger partial charge in [0.05, 0.1) is 12.8 Å². The molecule has 1 aromatic carbocycles. The Morgan fingerprint density at radius 3 is 2.84 bits per heavy atom. The third kappa shape index (κ3) is 5.08. The molecule has 0 aliphatic carbocycles. The van der Waals surface area contributed by atoms with Gasteiger partial charge in [-0.25, -0.2) is 0 Å². The summed E-state index contributed by atoms with van der Waals surface area (Å²) in [5, 5.41) is 15.5. The average Bonchev–Trinajstić information content (AvgIpc) is 3.41. The predicted octanol–water partition coefficient (Wildman–Crippen LogP) is 1.45. The Morgan fingerprint density at radius 1 is 1.29 bits per heavy atom. The van der Waals surface area contributed by atoms with Gasteiger partial charge in [-0.15, -0.1) is 0 Å². The van der Waals surface area contributed by atoms with Crippen molar-refractivity contribution in [2.24, 2.45) is 0 Å². The van der Waals surface area contributed by atoms with Gasteiger partial charge in [-0.3, -0.25) is 19.4 Å². The second-order valence-electron chi connectivity index (χ2n) is 8.40. The topological polar surface area (TPSA) is 98.1 Å². The van der Waals surface area contributed by atoms with Crippen LogP contribution in [0.2, 0.25) is 0 Å². The van der Waals surface area contributed by atoms with Gasteiger partial charge in [0.15, 0.2) is 0 Å². The van der Waals surface area contributed by atoms with Crippen molar-refractivity contribution < 1.29 is 19.1 Å². The first-order valence-corrected chi connectivity index (χ1v) is 10.8. The number of carbonyl (C=O) groups is 2. The average molecular weight is 427 g/mol. The Kier molecular flexibility index (Phi) is 6.58. The lowest BCUT2D eigenvalue weighted by molar-refractivity contribution is -0.126. The normalized spacial score (nSPS) is 24.4. The van der Waals surface area contributed by atoms with Crippen LogP contribution < -0.4 is 10.6 Å². The van der Waals surface area contributed by atoms with E-state index in [0.717, 1.165) is 24.3 Å². The summed E-state index contributed by atoms with van der Waals surface area (Å²) < 4.78 is 5.24. The number of nitrogens with zero attached hydrogens (tertiary/aromatic N) is 2. The SMILES string of the molecule is CN1[C@@H](CCC(=O)NCc2ccco2)CNC(=O)[C@@H]2[C@H]1CCN2Cc1ccc(O)cc1. The van der Waals surface area contributed by atoms with Crippen molar-refractivity contribution in [1.82, 2.24) is 20.4 Å². The van der Waals surface area contributed by atoms with Gasteiger partial charge in [-0.2, -0.15) is 0 Å². The van der Waals surface area contributed by atoms with Crippen molar-refractivity contribution in [3.8, 4) is 5.75 Å². The summed E-state index contributed by atoms with van der Waals surface area (Å²) in [6.07, 6.45) is 3.59. The molecule has 0 bridgehead atoms. The Bertz CT molecular complexity index is 883. The number of phenols is 1. The minimum Gasteiger partial charge on any atom is -0.508 e. The summed E-state index contributed by atoms with van der Waals surface area (Å²) in [5.74, 6) is 1.01. The Hall–Kier alpha value is -2.84. The summed E-state index contributed by atoms with van der Waals surface area (Å²) in [6, 6.07) is 10.8. The van der Waals surface area contributed by atoms with E-state index in [4.69, 9.17) is 4.42 Å². The van der Waals surface area contributed by atoms with Crippen LogP contribution in [0.5, 0.6) is 5.75 Å². The smallest absolute Gasteiger partial charge is 0.239 e. The standard InChI is InChI=1S/C23H30N4O4/c1-26-17(6-9-21(29)24-14-19-3-2-12-31-19)13-25-23(30)22-20(26)10-11-27(22)15-16-4-7-18(28)8-5-16/h2-5,7-8,12,17,20,22,28H,6,9-11,13-15H2,1H3,(H,24,29)(H,25,30)/t17-,20+,22-/m0/s1. The zero-order valence-electron chi connectivity index (χ0n) is 17.8. The Labute approximate surface area is 182 Å². The number of carbonyl (C=O) groups excluding carboxylic acids is 2. The minimum absolute atomic E-state index is 0.0164. The van der Waals surface area contributed by atoms with Crippen LogP contribution in [0.25, 0.3) is 0 Å². The number of hydrogen-bond donors (Lipinski definition) is 3. The van der Waals surface area contributed by atoms with E-state index in [1.807, 2.05) is 18.2 Å². The molecule has 8 nitrogen and oxygen atoms in total. The van der Waals surface area contributed by atoms with Crippen LogP contribution in [0.4, 0.5) is 0 Å². The molecular formula is C23H30N4O4. The van der Waals surface area contributed by atoms with Crippen LogP contribution >= 0.6 is 0 Å². The van der Waals surface area contributed by atoms with E-state index < -0.39 is 0 Å². The molecule has 0 spiro atoms. The highest BCUT2D eigenvalue weighted by atomic mass is 16.3. The zero-order chi connectivity index (χ0) is 21.8. The fraction of sp³-hybridized carbons (Fsp3) is 0.478. The van der Waals surface area contributed by atoms with Crippen LogP contribution in [0, 0.1) is 0 Å². The van der Waals surface area contributed by atoms with E-state index in [1.54, 1.807) is 24.5 Å². The van der Waals surface area contributed by atoms with Gasteiger partial charge in [-0.1, -0.05) is 12.1 Å². The highest BCUT2D eigenvalue weighted by Gasteiger charge is 2.44. The quantitative estimate of drug-likeness (QED) is 0.620. The van der Waals surface area contributed by atoms with E-state index in [0.29, 0.717) is 32.5 Å².